The highest BCUT2D eigenvalue weighted by atomic mass is 31.2. The normalized spacial score (nSPS) is 13.8. The van der Waals surface area contributed by atoms with E-state index in [9.17, 15) is 9.67 Å². The molecule has 1 N–H and O–H groups in total. The molecule has 1 atom stereocenters. The molecule has 0 amide bonds. The van der Waals surface area contributed by atoms with Crippen LogP contribution in [-0.2, 0) is 13.6 Å². The zero-order chi connectivity index (χ0) is 18.0. The van der Waals surface area contributed by atoms with Crippen LogP contribution in [0.2, 0.25) is 0 Å². The molecule has 24 heavy (non-hydrogen) atoms. The fourth-order valence-electron chi connectivity index (χ4n) is 2.42. The van der Waals surface area contributed by atoms with Gasteiger partial charge in [-0.3, -0.25) is 4.57 Å². The van der Waals surface area contributed by atoms with Crippen molar-refractivity contribution in [2.24, 2.45) is 0 Å². The standard InChI is InChI=1S/C18H29O5P/c1-5-8-11-15(14-24(20,22-6-2)23-7-3)18(19)16-12-9-10-13-17(16)21-4/h9-10,12-14,18-19H,5-8,11H2,1-4H3/b15-14+. The van der Waals surface area contributed by atoms with Crippen LogP contribution in [0.1, 0.15) is 51.7 Å². The van der Waals surface area contributed by atoms with E-state index in [1.807, 2.05) is 12.1 Å². The molecule has 0 aromatic heterocycles. The van der Waals surface area contributed by atoms with Gasteiger partial charge in [0.2, 0.25) is 0 Å². The smallest absolute Gasteiger partial charge is 0.354 e. The number of rotatable bonds is 11. The molecule has 0 bridgehead atoms. The van der Waals surface area contributed by atoms with Crippen molar-refractivity contribution < 1.29 is 23.5 Å². The summed E-state index contributed by atoms with van der Waals surface area (Å²) < 4.78 is 28.8. The maximum absolute atomic E-state index is 12.8. The fraction of sp³-hybridized carbons (Fsp3) is 0.556. The first-order valence-corrected chi connectivity index (χ1v) is 10.0. The van der Waals surface area contributed by atoms with Crippen LogP contribution < -0.4 is 4.74 Å². The monoisotopic (exact) mass is 356 g/mol. The zero-order valence-electron chi connectivity index (χ0n) is 15.0. The van der Waals surface area contributed by atoms with Crippen molar-refractivity contribution in [1.82, 2.24) is 0 Å². The lowest BCUT2D eigenvalue weighted by Crippen LogP contribution is -2.05. The molecule has 6 heteroatoms. The summed E-state index contributed by atoms with van der Waals surface area (Å²) in [5.41, 5.74) is 1.27. The molecule has 0 spiro atoms. The van der Waals surface area contributed by atoms with Crippen LogP contribution in [0, 0.1) is 0 Å². The van der Waals surface area contributed by atoms with Crippen molar-refractivity contribution in [2.75, 3.05) is 20.3 Å². The molecule has 0 saturated carbocycles. The topological polar surface area (TPSA) is 65.0 Å². The van der Waals surface area contributed by atoms with E-state index in [1.54, 1.807) is 33.1 Å². The van der Waals surface area contributed by atoms with Crippen molar-refractivity contribution in [3.63, 3.8) is 0 Å². The second-order valence-electron chi connectivity index (χ2n) is 5.33. The summed E-state index contributed by atoms with van der Waals surface area (Å²) >= 11 is 0. The first kappa shape index (κ1) is 20.9. The highest BCUT2D eigenvalue weighted by molar-refractivity contribution is 7.57. The second-order valence-corrected chi connectivity index (χ2v) is 7.18. The third kappa shape index (κ3) is 6.06. The Morgan fingerprint density at radius 2 is 1.83 bits per heavy atom. The van der Waals surface area contributed by atoms with E-state index in [1.165, 1.54) is 5.82 Å². The minimum absolute atomic E-state index is 0.277. The number of hydrogen-bond donors (Lipinski definition) is 1. The van der Waals surface area contributed by atoms with Crippen LogP contribution in [-0.4, -0.2) is 25.4 Å². The van der Waals surface area contributed by atoms with Crippen LogP contribution in [0.25, 0.3) is 0 Å². The van der Waals surface area contributed by atoms with Gasteiger partial charge in [-0.1, -0.05) is 31.5 Å². The number of unbranched alkanes of at least 4 members (excludes halogenated alkanes) is 1. The molecule has 1 unspecified atom stereocenters. The van der Waals surface area contributed by atoms with Crippen molar-refractivity contribution in [2.45, 2.75) is 46.1 Å². The van der Waals surface area contributed by atoms with Gasteiger partial charge >= 0.3 is 7.60 Å². The van der Waals surface area contributed by atoms with Gasteiger partial charge in [-0.2, -0.15) is 0 Å². The summed E-state index contributed by atoms with van der Waals surface area (Å²) in [7, 11) is -1.81. The molecule has 1 rings (SSSR count). The van der Waals surface area contributed by atoms with Crippen molar-refractivity contribution in [3.8, 4) is 5.75 Å². The minimum atomic E-state index is -3.38. The molecule has 0 aliphatic carbocycles. The fourth-order valence-corrected chi connectivity index (χ4v) is 4.04. The number of aliphatic hydroxyl groups excluding tert-OH is 1. The van der Waals surface area contributed by atoms with E-state index in [4.69, 9.17) is 13.8 Å². The highest BCUT2D eigenvalue weighted by Gasteiger charge is 2.25. The van der Waals surface area contributed by atoms with E-state index in [0.29, 0.717) is 23.3 Å². The van der Waals surface area contributed by atoms with Gasteiger partial charge in [0.1, 0.15) is 11.9 Å². The Kier molecular flexibility index (Phi) is 9.30. The van der Waals surface area contributed by atoms with Crippen LogP contribution >= 0.6 is 7.60 Å². The summed E-state index contributed by atoms with van der Waals surface area (Å²) in [6, 6.07) is 7.27. The van der Waals surface area contributed by atoms with Gasteiger partial charge in [-0.25, -0.2) is 0 Å². The lowest BCUT2D eigenvalue weighted by Gasteiger charge is -2.21. The number of ether oxygens (including phenoxy) is 1. The third-order valence-corrected chi connectivity index (χ3v) is 5.43. The Balaban J connectivity index is 3.23. The molecular weight excluding hydrogens is 327 g/mol. The van der Waals surface area contributed by atoms with Crippen molar-refractivity contribution >= 4 is 7.60 Å². The molecule has 1 aromatic carbocycles. The second kappa shape index (κ2) is 10.7. The molecule has 1 aromatic rings. The van der Waals surface area contributed by atoms with E-state index in [2.05, 4.69) is 6.92 Å². The van der Waals surface area contributed by atoms with Gasteiger partial charge < -0.3 is 18.9 Å². The lowest BCUT2D eigenvalue weighted by atomic mass is 9.98. The average Bonchev–Trinajstić information content (AvgIpc) is 2.58. The lowest BCUT2D eigenvalue weighted by molar-refractivity contribution is 0.202. The molecule has 0 fully saturated rings. The number of methoxy groups -OCH3 is 1. The number of para-hydroxylation sites is 1. The van der Waals surface area contributed by atoms with Crippen LogP contribution in [0.15, 0.2) is 35.7 Å². The molecular formula is C18H29O5P. The summed E-state index contributed by atoms with van der Waals surface area (Å²) in [5, 5.41) is 10.8. The number of aliphatic hydroxyl groups is 1. The average molecular weight is 356 g/mol. The predicted molar refractivity (Wildman–Crippen MR) is 96.4 cm³/mol. The first-order valence-electron chi connectivity index (χ1n) is 8.42. The molecule has 136 valence electrons. The van der Waals surface area contributed by atoms with Crippen molar-refractivity contribution in [1.29, 1.82) is 0 Å². The SMILES string of the molecule is CCCC/C(=C\P(=O)(OCC)OCC)C(O)c1ccccc1OC. The maximum atomic E-state index is 12.8. The van der Waals surface area contributed by atoms with E-state index in [0.717, 1.165) is 12.8 Å². The van der Waals surface area contributed by atoms with Crippen LogP contribution in [0.3, 0.4) is 0 Å². The summed E-state index contributed by atoms with van der Waals surface area (Å²) in [4.78, 5) is 0. The van der Waals surface area contributed by atoms with Gasteiger partial charge in [-0.15, -0.1) is 0 Å². The summed E-state index contributed by atoms with van der Waals surface area (Å²) in [6.07, 6.45) is 1.53. The molecule has 0 saturated heterocycles. The maximum Gasteiger partial charge on any atom is 0.354 e. The van der Waals surface area contributed by atoms with Crippen molar-refractivity contribution in [3.05, 3.63) is 41.2 Å². The minimum Gasteiger partial charge on any atom is -0.496 e. The van der Waals surface area contributed by atoms with Gasteiger partial charge in [-0.05, 0) is 38.3 Å². The Morgan fingerprint density at radius 1 is 1.21 bits per heavy atom. The molecule has 0 heterocycles. The zero-order valence-corrected chi connectivity index (χ0v) is 15.9. The first-order chi connectivity index (χ1) is 11.5. The molecule has 0 aliphatic rings. The summed E-state index contributed by atoms with van der Waals surface area (Å²) in [5.74, 6) is 2.07. The molecule has 0 aliphatic heterocycles. The predicted octanol–water partition coefficient (Wildman–Crippen LogP) is 5.07. The van der Waals surface area contributed by atoms with E-state index < -0.39 is 13.7 Å². The van der Waals surface area contributed by atoms with Gasteiger partial charge in [0.15, 0.2) is 0 Å². The third-order valence-electron chi connectivity index (χ3n) is 3.55. The van der Waals surface area contributed by atoms with Gasteiger partial charge in [0, 0.05) is 11.4 Å². The molecule has 0 radical (unpaired) electrons. The number of benzene rings is 1. The Morgan fingerprint density at radius 3 is 2.38 bits per heavy atom. The van der Waals surface area contributed by atoms with E-state index >= 15 is 0 Å². The molecule has 5 nitrogen and oxygen atoms in total. The van der Waals surface area contributed by atoms with E-state index in [-0.39, 0.29) is 13.2 Å². The Labute approximate surface area is 145 Å². The van der Waals surface area contributed by atoms with Gasteiger partial charge in [0.25, 0.3) is 0 Å². The largest absolute Gasteiger partial charge is 0.496 e. The Bertz CT molecular complexity index is 560. The number of hydrogen-bond acceptors (Lipinski definition) is 5. The van der Waals surface area contributed by atoms with Gasteiger partial charge in [0.05, 0.1) is 20.3 Å². The highest BCUT2D eigenvalue weighted by Crippen LogP contribution is 2.52. The Hall–Kier alpha value is -1.13. The van der Waals surface area contributed by atoms with Crippen LogP contribution in [0.4, 0.5) is 0 Å². The van der Waals surface area contributed by atoms with Crippen LogP contribution in [0.5, 0.6) is 5.75 Å². The quantitative estimate of drug-likeness (QED) is 0.561. The summed E-state index contributed by atoms with van der Waals surface area (Å²) in [6.45, 7) is 6.15.